The smallest absolute Gasteiger partial charge is 0.130 e. The van der Waals surface area contributed by atoms with Crippen LogP contribution in [-0.2, 0) is 13.1 Å². The van der Waals surface area contributed by atoms with Crippen LogP contribution in [0.5, 0.6) is 0 Å². The summed E-state index contributed by atoms with van der Waals surface area (Å²) in [5.41, 5.74) is 1.83. The molecule has 0 radical (unpaired) electrons. The minimum atomic E-state index is -0.155. The van der Waals surface area contributed by atoms with Crippen molar-refractivity contribution >= 4 is 5.82 Å². The Morgan fingerprint density at radius 2 is 1.80 bits per heavy atom. The summed E-state index contributed by atoms with van der Waals surface area (Å²) >= 11 is 0. The second-order valence-electron chi connectivity index (χ2n) is 4.81. The maximum absolute atomic E-state index is 13.6. The number of rotatable bonds is 6. The standard InChI is InChI=1S/C16H20FN3/c1-3-18-16-14(8-6-10-19-16)12-20(2)11-13-7-4-5-9-15(13)17/h4-10H,3,11-12H2,1-2H3,(H,18,19). The highest BCUT2D eigenvalue weighted by atomic mass is 19.1. The van der Waals surface area contributed by atoms with Crippen LogP contribution in [0.15, 0.2) is 42.6 Å². The fourth-order valence-corrected chi connectivity index (χ4v) is 2.16. The van der Waals surface area contributed by atoms with Gasteiger partial charge in [0, 0.05) is 37.0 Å². The van der Waals surface area contributed by atoms with Gasteiger partial charge in [-0.05, 0) is 26.1 Å². The van der Waals surface area contributed by atoms with E-state index >= 15 is 0 Å². The first-order chi connectivity index (χ1) is 9.70. The molecule has 20 heavy (non-hydrogen) atoms. The molecule has 0 bridgehead atoms. The van der Waals surface area contributed by atoms with Gasteiger partial charge >= 0.3 is 0 Å². The molecule has 1 aromatic heterocycles. The summed E-state index contributed by atoms with van der Waals surface area (Å²) in [5.74, 6) is 0.743. The number of pyridine rings is 1. The van der Waals surface area contributed by atoms with Crippen molar-refractivity contribution in [2.45, 2.75) is 20.0 Å². The lowest BCUT2D eigenvalue weighted by Crippen LogP contribution is -2.19. The Bertz CT molecular complexity index is 557. The Hall–Kier alpha value is -1.94. The second kappa shape index (κ2) is 7.01. The van der Waals surface area contributed by atoms with Crippen LogP contribution in [0.4, 0.5) is 10.2 Å². The normalized spacial score (nSPS) is 10.8. The molecular formula is C16H20FN3. The summed E-state index contributed by atoms with van der Waals surface area (Å²) in [5, 5.41) is 3.24. The first kappa shape index (κ1) is 14.5. The maximum atomic E-state index is 13.6. The van der Waals surface area contributed by atoms with E-state index in [1.807, 2.05) is 38.2 Å². The highest BCUT2D eigenvalue weighted by Crippen LogP contribution is 2.16. The van der Waals surface area contributed by atoms with E-state index in [4.69, 9.17) is 0 Å². The predicted octanol–water partition coefficient (Wildman–Crippen LogP) is 3.28. The van der Waals surface area contributed by atoms with Crippen molar-refractivity contribution in [1.29, 1.82) is 0 Å². The minimum Gasteiger partial charge on any atom is -0.370 e. The molecule has 0 aliphatic rings. The number of nitrogens with zero attached hydrogens (tertiary/aromatic N) is 2. The Balaban J connectivity index is 2.05. The van der Waals surface area contributed by atoms with Crippen molar-refractivity contribution in [3.05, 3.63) is 59.5 Å². The molecule has 2 rings (SSSR count). The Kier molecular flexibility index (Phi) is 5.07. The van der Waals surface area contributed by atoms with Crippen LogP contribution in [-0.4, -0.2) is 23.5 Å². The van der Waals surface area contributed by atoms with Crippen LogP contribution >= 0.6 is 0 Å². The number of hydrogen-bond acceptors (Lipinski definition) is 3. The van der Waals surface area contributed by atoms with Gasteiger partial charge in [-0.25, -0.2) is 9.37 Å². The van der Waals surface area contributed by atoms with Gasteiger partial charge in [-0.1, -0.05) is 24.3 Å². The van der Waals surface area contributed by atoms with Crippen molar-refractivity contribution in [2.24, 2.45) is 0 Å². The molecule has 106 valence electrons. The maximum Gasteiger partial charge on any atom is 0.130 e. The van der Waals surface area contributed by atoms with E-state index in [1.165, 1.54) is 6.07 Å². The molecular weight excluding hydrogens is 253 g/mol. The average Bonchev–Trinajstić information content (AvgIpc) is 2.44. The molecule has 0 unspecified atom stereocenters. The third-order valence-corrected chi connectivity index (χ3v) is 3.07. The molecule has 1 aromatic carbocycles. The van der Waals surface area contributed by atoms with Gasteiger partial charge in [0.25, 0.3) is 0 Å². The zero-order valence-electron chi connectivity index (χ0n) is 11.9. The molecule has 1 N–H and O–H groups in total. The SMILES string of the molecule is CCNc1ncccc1CN(C)Cc1ccccc1F. The van der Waals surface area contributed by atoms with E-state index in [0.29, 0.717) is 12.1 Å². The lowest BCUT2D eigenvalue weighted by atomic mass is 10.2. The molecule has 0 atom stereocenters. The topological polar surface area (TPSA) is 28.2 Å². The van der Waals surface area contributed by atoms with Crippen molar-refractivity contribution in [3.63, 3.8) is 0 Å². The zero-order chi connectivity index (χ0) is 14.4. The Labute approximate surface area is 119 Å². The molecule has 0 aliphatic heterocycles. The third kappa shape index (κ3) is 3.78. The van der Waals surface area contributed by atoms with E-state index in [1.54, 1.807) is 12.3 Å². The van der Waals surface area contributed by atoms with Gasteiger partial charge in [0.2, 0.25) is 0 Å². The summed E-state index contributed by atoms with van der Waals surface area (Å²) in [6, 6.07) is 10.9. The highest BCUT2D eigenvalue weighted by molar-refractivity contribution is 5.43. The Morgan fingerprint density at radius 3 is 2.55 bits per heavy atom. The Morgan fingerprint density at radius 1 is 1.10 bits per heavy atom. The van der Waals surface area contributed by atoms with Crippen molar-refractivity contribution in [2.75, 3.05) is 18.9 Å². The van der Waals surface area contributed by atoms with Crippen LogP contribution in [0.2, 0.25) is 0 Å². The lowest BCUT2D eigenvalue weighted by molar-refractivity contribution is 0.313. The van der Waals surface area contributed by atoms with Gasteiger partial charge in [-0.2, -0.15) is 0 Å². The quantitative estimate of drug-likeness (QED) is 0.875. The van der Waals surface area contributed by atoms with E-state index < -0.39 is 0 Å². The minimum absolute atomic E-state index is 0.155. The molecule has 0 amide bonds. The zero-order valence-corrected chi connectivity index (χ0v) is 11.9. The average molecular weight is 273 g/mol. The summed E-state index contributed by atoms with van der Waals surface area (Å²) < 4.78 is 13.6. The van der Waals surface area contributed by atoms with Crippen molar-refractivity contribution in [1.82, 2.24) is 9.88 Å². The van der Waals surface area contributed by atoms with Gasteiger partial charge in [-0.15, -0.1) is 0 Å². The molecule has 2 aromatic rings. The molecule has 0 saturated heterocycles. The van der Waals surface area contributed by atoms with Crippen molar-refractivity contribution < 1.29 is 4.39 Å². The van der Waals surface area contributed by atoms with Crippen LogP contribution in [0.3, 0.4) is 0 Å². The van der Waals surface area contributed by atoms with E-state index in [0.717, 1.165) is 24.5 Å². The van der Waals surface area contributed by atoms with Crippen molar-refractivity contribution in [3.8, 4) is 0 Å². The van der Waals surface area contributed by atoms with Gasteiger partial charge in [0.1, 0.15) is 11.6 Å². The number of halogens is 1. The summed E-state index contributed by atoms with van der Waals surface area (Å²) in [6.45, 7) is 4.18. The van der Waals surface area contributed by atoms with Crippen LogP contribution in [0.1, 0.15) is 18.1 Å². The molecule has 4 heteroatoms. The van der Waals surface area contributed by atoms with Gasteiger partial charge in [-0.3, -0.25) is 4.90 Å². The fourth-order valence-electron chi connectivity index (χ4n) is 2.16. The summed E-state index contributed by atoms with van der Waals surface area (Å²) in [6.07, 6.45) is 1.78. The number of aromatic nitrogens is 1. The van der Waals surface area contributed by atoms with Gasteiger partial charge in [0.05, 0.1) is 0 Å². The largest absolute Gasteiger partial charge is 0.370 e. The molecule has 3 nitrogen and oxygen atoms in total. The van der Waals surface area contributed by atoms with Gasteiger partial charge < -0.3 is 5.32 Å². The fraction of sp³-hybridized carbons (Fsp3) is 0.312. The molecule has 0 saturated carbocycles. The molecule has 0 aliphatic carbocycles. The van der Waals surface area contributed by atoms with E-state index in [-0.39, 0.29) is 5.82 Å². The number of hydrogen-bond donors (Lipinski definition) is 1. The first-order valence-electron chi connectivity index (χ1n) is 6.80. The van der Waals surface area contributed by atoms with Gasteiger partial charge in [0.15, 0.2) is 0 Å². The summed E-state index contributed by atoms with van der Waals surface area (Å²) in [7, 11) is 1.98. The van der Waals surface area contributed by atoms with E-state index in [9.17, 15) is 4.39 Å². The molecule has 1 heterocycles. The predicted molar refractivity (Wildman–Crippen MR) is 80.0 cm³/mol. The number of nitrogens with one attached hydrogen (secondary N) is 1. The number of benzene rings is 1. The summed E-state index contributed by atoms with van der Waals surface area (Å²) in [4.78, 5) is 6.41. The monoisotopic (exact) mass is 273 g/mol. The molecule has 0 spiro atoms. The highest BCUT2D eigenvalue weighted by Gasteiger charge is 2.08. The second-order valence-corrected chi connectivity index (χ2v) is 4.81. The number of anilines is 1. The third-order valence-electron chi connectivity index (χ3n) is 3.07. The first-order valence-corrected chi connectivity index (χ1v) is 6.80. The van der Waals surface area contributed by atoms with E-state index in [2.05, 4.69) is 15.2 Å². The van der Waals surface area contributed by atoms with Crippen LogP contribution in [0, 0.1) is 5.82 Å². The van der Waals surface area contributed by atoms with Crippen LogP contribution < -0.4 is 5.32 Å². The lowest BCUT2D eigenvalue weighted by Gasteiger charge is -2.19. The van der Waals surface area contributed by atoms with Crippen LogP contribution in [0.25, 0.3) is 0 Å². The molecule has 0 fully saturated rings.